The summed E-state index contributed by atoms with van der Waals surface area (Å²) >= 11 is 0. The zero-order chi connectivity index (χ0) is 12.0. The largest absolute Gasteiger partial charge is 0.358 e. The van der Waals surface area contributed by atoms with Crippen molar-refractivity contribution in [2.45, 2.75) is 19.5 Å². The standard InChI is InChI=1S/C12H15N3O/c1-9(12(16)14-2)15-8-11-5-3-10(7-13)4-6-11/h3-6,9,15H,8H2,1-2H3,(H,14,16). The van der Waals surface area contributed by atoms with E-state index in [9.17, 15) is 4.79 Å². The van der Waals surface area contributed by atoms with Crippen LogP contribution in [0.5, 0.6) is 0 Å². The minimum absolute atomic E-state index is 0.0337. The van der Waals surface area contributed by atoms with E-state index < -0.39 is 0 Å². The van der Waals surface area contributed by atoms with E-state index in [1.165, 1.54) is 0 Å². The number of rotatable bonds is 4. The third-order valence-electron chi connectivity index (χ3n) is 2.34. The third kappa shape index (κ3) is 3.37. The monoisotopic (exact) mass is 217 g/mol. The molecule has 0 radical (unpaired) electrons. The lowest BCUT2D eigenvalue weighted by Gasteiger charge is -2.11. The number of carbonyl (C=O) groups excluding carboxylic acids is 1. The Morgan fingerprint density at radius 1 is 1.44 bits per heavy atom. The summed E-state index contributed by atoms with van der Waals surface area (Å²) < 4.78 is 0. The number of amides is 1. The fourth-order valence-electron chi connectivity index (χ4n) is 1.28. The van der Waals surface area contributed by atoms with Crippen LogP contribution < -0.4 is 10.6 Å². The van der Waals surface area contributed by atoms with Crippen LogP contribution in [0, 0.1) is 11.3 Å². The van der Waals surface area contributed by atoms with Crippen LogP contribution in [0.1, 0.15) is 18.1 Å². The van der Waals surface area contributed by atoms with Gasteiger partial charge in [-0.15, -0.1) is 0 Å². The number of benzene rings is 1. The van der Waals surface area contributed by atoms with Gasteiger partial charge in [0.2, 0.25) is 5.91 Å². The molecule has 4 nitrogen and oxygen atoms in total. The van der Waals surface area contributed by atoms with Crippen LogP contribution in [-0.2, 0) is 11.3 Å². The quantitative estimate of drug-likeness (QED) is 0.783. The normalized spacial score (nSPS) is 11.6. The molecule has 1 unspecified atom stereocenters. The van der Waals surface area contributed by atoms with Gasteiger partial charge in [-0.2, -0.15) is 5.26 Å². The van der Waals surface area contributed by atoms with Gasteiger partial charge in [0, 0.05) is 13.6 Å². The summed E-state index contributed by atoms with van der Waals surface area (Å²) in [5, 5.41) is 14.3. The maximum absolute atomic E-state index is 11.2. The van der Waals surface area contributed by atoms with Crippen LogP contribution in [0.3, 0.4) is 0 Å². The molecule has 0 saturated carbocycles. The first kappa shape index (κ1) is 12.2. The Kier molecular flexibility index (Phi) is 4.49. The zero-order valence-electron chi connectivity index (χ0n) is 9.45. The maximum atomic E-state index is 11.2. The van der Waals surface area contributed by atoms with Gasteiger partial charge < -0.3 is 10.6 Å². The lowest BCUT2D eigenvalue weighted by molar-refractivity contribution is -0.122. The fourth-order valence-corrected chi connectivity index (χ4v) is 1.28. The van der Waals surface area contributed by atoms with Gasteiger partial charge in [-0.1, -0.05) is 12.1 Å². The summed E-state index contributed by atoms with van der Waals surface area (Å²) in [5.74, 6) is -0.0337. The van der Waals surface area contributed by atoms with Crippen LogP contribution in [-0.4, -0.2) is 19.0 Å². The van der Waals surface area contributed by atoms with Crippen molar-refractivity contribution in [3.8, 4) is 6.07 Å². The Hall–Kier alpha value is -1.86. The number of hydrogen-bond acceptors (Lipinski definition) is 3. The Bertz CT molecular complexity index is 392. The number of likely N-dealkylation sites (N-methyl/N-ethyl adjacent to an activating group) is 1. The summed E-state index contributed by atoms with van der Waals surface area (Å²) in [6, 6.07) is 9.13. The molecule has 1 rings (SSSR count). The number of carbonyl (C=O) groups is 1. The lowest BCUT2D eigenvalue weighted by atomic mass is 10.1. The second kappa shape index (κ2) is 5.89. The molecule has 1 amide bonds. The van der Waals surface area contributed by atoms with Gasteiger partial charge in [-0.3, -0.25) is 4.79 Å². The molecule has 0 saturated heterocycles. The molecule has 0 bridgehead atoms. The summed E-state index contributed by atoms with van der Waals surface area (Å²) in [5.41, 5.74) is 1.69. The first-order chi connectivity index (χ1) is 7.67. The van der Waals surface area contributed by atoms with Gasteiger partial charge >= 0.3 is 0 Å². The van der Waals surface area contributed by atoms with Crippen molar-refractivity contribution >= 4 is 5.91 Å². The Morgan fingerprint density at radius 3 is 2.56 bits per heavy atom. The van der Waals surface area contributed by atoms with Gasteiger partial charge in [0.15, 0.2) is 0 Å². The molecule has 2 N–H and O–H groups in total. The predicted octanol–water partition coefficient (Wildman–Crippen LogP) is 0.782. The van der Waals surface area contributed by atoms with E-state index in [-0.39, 0.29) is 11.9 Å². The minimum atomic E-state index is -0.222. The van der Waals surface area contributed by atoms with E-state index in [1.54, 1.807) is 19.2 Å². The molecule has 84 valence electrons. The average molecular weight is 217 g/mol. The first-order valence-corrected chi connectivity index (χ1v) is 5.11. The fraction of sp³-hybridized carbons (Fsp3) is 0.333. The first-order valence-electron chi connectivity index (χ1n) is 5.11. The molecular formula is C12H15N3O. The van der Waals surface area contributed by atoms with E-state index in [0.717, 1.165) is 5.56 Å². The van der Waals surface area contributed by atoms with E-state index >= 15 is 0 Å². The summed E-state index contributed by atoms with van der Waals surface area (Å²) in [4.78, 5) is 11.2. The molecule has 0 aliphatic heterocycles. The van der Waals surface area contributed by atoms with Crippen molar-refractivity contribution in [1.82, 2.24) is 10.6 Å². The minimum Gasteiger partial charge on any atom is -0.358 e. The summed E-state index contributed by atoms with van der Waals surface area (Å²) in [7, 11) is 1.61. The second-order valence-electron chi connectivity index (χ2n) is 3.53. The highest BCUT2D eigenvalue weighted by molar-refractivity contribution is 5.80. The van der Waals surface area contributed by atoms with Crippen LogP contribution in [0.4, 0.5) is 0 Å². The number of hydrogen-bond donors (Lipinski definition) is 2. The van der Waals surface area contributed by atoms with Crippen LogP contribution >= 0.6 is 0 Å². The molecule has 1 aromatic carbocycles. The molecule has 16 heavy (non-hydrogen) atoms. The van der Waals surface area contributed by atoms with E-state index in [4.69, 9.17) is 5.26 Å². The van der Waals surface area contributed by atoms with Crippen LogP contribution in [0.15, 0.2) is 24.3 Å². The molecule has 0 aromatic heterocycles. The third-order valence-corrected chi connectivity index (χ3v) is 2.34. The van der Waals surface area contributed by atoms with E-state index in [2.05, 4.69) is 16.7 Å². The lowest BCUT2D eigenvalue weighted by Crippen LogP contribution is -2.40. The van der Waals surface area contributed by atoms with Crippen molar-refractivity contribution in [2.75, 3.05) is 7.05 Å². The highest BCUT2D eigenvalue weighted by Gasteiger charge is 2.09. The molecular weight excluding hydrogens is 202 g/mol. The Labute approximate surface area is 95.3 Å². The SMILES string of the molecule is CNC(=O)C(C)NCc1ccc(C#N)cc1. The molecule has 0 spiro atoms. The van der Waals surface area contributed by atoms with Gasteiger partial charge in [0.25, 0.3) is 0 Å². The number of nitrogens with one attached hydrogen (secondary N) is 2. The smallest absolute Gasteiger partial charge is 0.236 e. The van der Waals surface area contributed by atoms with E-state index in [0.29, 0.717) is 12.1 Å². The van der Waals surface area contributed by atoms with Crippen molar-refractivity contribution in [2.24, 2.45) is 0 Å². The van der Waals surface area contributed by atoms with Gasteiger partial charge in [-0.25, -0.2) is 0 Å². The predicted molar refractivity (Wildman–Crippen MR) is 61.5 cm³/mol. The molecule has 1 aromatic rings. The zero-order valence-corrected chi connectivity index (χ0v) is 9.45. The van der Waals surface area contributed by atoms with Crippen molar-refractivity contribution in [3.63, 3.8) is 0 Å². The van der Waals surface area contributed by atoms with Crippen LogP contribution in [0.2, 0.25) is 0 Å². The summed E-state index contributed by atoms with van der Waals surface area (Å²) in [6.45, 7) is 2.42. The Morgan fingerprint density at radius 2 is 2.06 bits per heavy atom. The number of nitrogens with zero attached hydrogens (tertiary/aromatic N) is 1. The van der Waals surface area contributed by atoms with Gasteiger partial charge in [0.05, 0.1) is 17.7 Å². The average Bonchev–Trinajstić information content (AvgIpc) is 2.35. The topological polar surface area (TPSA) is 64.9 Å². The molecule has 1 atom stereocenters. The number of nitriles is 1. The highest BCUT2D eigenvalue weighted by Crippen LogP contribution is 2.03. The van der Waals surface area contributed by atoms with Gasteiger partial charge in [0.1, 0.15) is 0 Å². The molecule has 4 heteroatoms. The van der Waals surface area contributed by atoms with Crippen molar-refractivity contribution in [1.29, 1.82) is 5.26 Å². The maximum Gasteiger partial charge on any atom is 0.236 e. The Balaban J connectivity index is 2.49. The summed E-state index contributed by atoms with van der Waals surface area (Å²) in [6.07, 6.45) is 0. The van der Waals surface area contributed by atoms with Crippen molar-refractivity contribution in [3.05, 3.63) is 35.4 Å². The molecule has 0 fully saturated rings. The van der Waals surface area contributed by atoms with Crippen molar-refractivity contribution < 1.29 is 4.79 Å². The second-order valence-corrected chi connectivity index (χ2v) is 3.53. The molecule has 0 heterocycles. The highest BCUT2D eigenvalue weighted by atomic mass is 16.2. The molecule has 0 aliphatic carbocycles. The van der Waals surface area contributed by atoms with Gasteiger partial charge in [-0.05, 0) is 24.6 Å². The van der Waals surface area contributed by atoms with E-state index in [1.807, 2.05) is 19.1 Å². The van der Waals surface area contributed by atoms with Crippen LogP contribution in [0.25, 0.3) is 0 Å². The molecule has 0 aliphatic rings.